The van der Waals surface area contributed by atoms with Gasteiger partial charge in [-0.15, -0.1) is 0 Å². The smallest absolute Gasteiger partial charge is 0.261 e. The number of nitrogen functional groups attached to an aromatic ring is 1. The number of rotatable bonds is 2. The number of halogens is 3. The first kappa shape index (κ1) is 12.0. The van der Waals surface area contributed by atoms with Gasteiger partial charge >= 0.3 is 0 Å². The van der Waals surface area contributed by atoms with Crippen LogP contribution in [0, 0.1) is 17.5 Å². The number of carbonyl (C=O) groups excluding carboxylic acids is 1. The molecule has 0 saturated carbocycles. The minimum Gasteiger partial charge on any atom is -0.383 e. The first-order valence-corrected chi connectivity index (χ1v) is 4.73. The number of benzene rings is 1. The van der Waals surface area contributed by atoms with Gasteiger partial charge < -0.3 is 11.1 Å². The van der Waals surface area contributed by atoms with Gasteiger partial charge in [-0.25, -0.2) is 13.2 Å². The van der Waals surface area contributed by atoms with Crippen molar-refractivity contribution >= 4 is 17.4 Å². The average Bonchev–Trinajstić information content (AvgIpc) is 2.72. The molecule has 18 heavy (non-hydrogen) atoms. The van der Waals surface area contributed by atoms with Crippen LogP contribution in [-0.4, -0.2) is 16.1 Å². The fourth-order valence-corrected chi connectivity index (χ4v) is 1.30. The van der Waals surface area contributed by atoms with Gasteiger partial charge in [0.2, 0.25) is 0 Å². The van der Waals surface area contributed by atoms with E-state index in [4.69, 9.17) is 5.73 Å². The summed E-state index contributed by atoms with van der Waals surface area (Å²) in [6.45, 7) is 0. The van der Waals surface area contributed by atoms with Crippen LogP contribution in [0.25, 0.3) is 0 Å². The normalized spacial score (nSPS) is 10.4. The molecule has 1 heterocycles. The molecule has 0 saturated heterocycles. The number of anilines is 2. The molecule has 1 amide bonds. The molecule has 2 aromatic rings. The molecule has 4 N–H and O–H groups in total. The number of aromatic nitrogens is 2. The Hall–Kier alpha value is -2.51. The quantitative estimate of drug-likeness (QED) is 0.714. The van der Waals surface area contributed by atoms with E-state index in [0.29, 0.717) is 12.1 Å². The molecule has 0 bridgehead atoms. The van der Waals surface area contributed by atoms with Gasteiger partial charge in [-0.1, -0.05) is 0 Å². The summed E-state index contributed by atoms with van der Waals surface area (Å²) < 4.78 is 38.5. The van der Waals surface area contributed by atoms with Crippen molar-refractivity contribution in [1.82, 2.24) is 10.2 Å². The second kappa shape index (κ2) is 4.40. The Bertz CT molecular complexity index is 588. The second-order valence-corrected chi connectivity index (χ2v) is 3.41. The van der Waals surface area contributed by atoms with E-state index in [9.17, 15) is 18.0 Å². The van der Waals surface area contributed by atoms with E-state index in [2.05, 4.69) is 15.5 Å². The summed E-state index contributed by atoms with van der Waals surface area (Å²) in [4.78, 5) is 11.6. The van der Waals surface area contributed by atoms with Gasteiger partial charge in [-0.2, -0.15) is 5.10 Å². The molecule has 1 aromatic carbocycles. The molecule has 94 valence electrons. The van der Waals surface area contributed by atoms with Gasteiger partial charge in [-0.3, -0.25) is 9.89 Å². The Morgan fingerprint density at radius 3 is 2.39 bits per heavy atom. The molecule has 0 aliphatic heterocycles. The average molecular weight is 256 g/mol. The topological polar surface area (TPSA) is 83.8 Å². The molecule has 0 radical (unpaired) electrons. The summed E-state index contributed by atoms with van der Waals surface area (Å²) in [5.41, 5.74) is 5.18. The van der Waals surface area contributed by atoms with Crippen LogP contribution in [0.1, 0.15) is 10.4 Å². The summed E-state index contributed by atoms with van der Waals surface area (Å²) >= 11 is 0. The number of hydrogen-bond donors (Lipinski definition) is 3. The maximum Gasteiger partial charge on any atom is 0.261 e. The minimum absolute atomic E-state index is 0.00977. The van der Waals surface area contributed by atoms with Crippen molar-refractivity contribution in [2.24, 2.45) is 0 Å². The van der Waals surface area contributed by atoms with Crippen LogP contribution in [0.15, 0.2) is 18.3 Å². The zero-order chi connectivity index (χ0) is 13.3. The Morgan fingerprint density at radius 1 is 1.28 bits per heavy atom. The van der Waals surface area contributed by atoms with Crippen LogP contribution < -0.4 is 11.1 Å². The zero-order valence-corrected chi connectivity index (χ0v) is 8.80. The number of carbonyl (C=O) groups is 1. The van der Waals surface area contributed by atoms with Gasteiger partial charge in [0.1, 0.15) is 11.4 Å². The van der Waals surface area contributed by atoms with Crippen LogP contribution >= 0.6 is 0 Å². The number of amides is 1. The highest BCUT2D eigenvalue weighted by Crippen LogP contribution is 2.18. The summed E-state index contributed by atoms with van der Waals surface area (Å²) in [6, 6.07) is 1.32. The maximum atomic E-state index is 12.9. The van der Waals surface area contributed by atoms with Crippen LogP contribution in [0.4, 0.5) is 24.7 Å². The van der Waals surface area contributed by atoms with E-state index < -0.39 is 23.4 Å². The van der Waals surface area contributed by atoms with E-state index in [1.165, 1.54) is 0 Å². The van der Waals surface area contributed by atoms with Crippen molar-refractivity contribution in [1.29, 1.82) is 0 Å². The molecule has 5 nitrogen and oxygen atoms in total. The first-order valence-electron chi connectivity index (χ1n) is 4.73. The second-order valence-electron chi connectivity index (χ2n) is 3.41. The predicted octanol–water partition coefficient (Wildman–Crippen LogP) is 1.66. The summed E-state index contributed by atoms with van der Waals surface area (Å²) in [5.74, 6) is -5.10. The van der Waals surface area contributed by atoms with Gasteiger partial charge in [0.05, 0.1) is 6.20 Å². The highest BCUT2D eigenvalue weighted by Gasteiger charge is 2.15. The molecular formula is C10H7F3N4O. The van der Waals surface area contributed by atoms with Gasteiger partial charge in [0.15, 0.2) is 17.5 Å². The molecule has 0 aliphatic rings. The molecule has 0 fully saturated rings. The molecule has 8 heteroatoms. The van der Waals surface area contributed by atoms with Gasteiger partial charge in [0.25, 0.3) is 5.91 Å². The van der Waals surface area contributed by atoms with E-state index in [-0.39, 0.29) is 17.1 Å². The van der Waals surface area contributed by atoms with Crippen LogP contribution in [0.5, 0.6) is 0 Å². The summed E-state index contributed by atoms with van der Waals surface area (Å²) in [6.07, 6.45) is 1.15. The molecule has 0 unspecified atom stereocenters. The SMILES string of the molecule is Nc1[nH]ncc1C(=O)Nc1cc(F)c(F)c(F)c1. The largest absolute Gasteiger partial charge is 0.383 e. The Morgan fingerprint density at radius 2 is 1.89 bits per heavy atom. The van der Waals surface area contributed by atoms with Crippen LogP contribution in [0.2, 0.25) is 0 Å². The van der Waals surface area contributed by atoms with E-state index >= 15 is 0 Å². The fraction of sp³-hybridized carbons (Fsp3) is 0. The van der Waals surface area contributed by atoms with Crippen molar-refractivity contribution in [3.05, 3.63) is 41.3 Å². The van der Waals surface area contributed by atoms with Crippen molar-refractivity contribution in [2.45, 2.75) is 0 Å². The van der Waals surface area contributed by atoms with Gasteiger partial charge in [-0.05, 0) is 0 Å². The summed E-state index contributed by atoms with van der Waals surface area (Å²) in [5, 5.41) is 8.01. The van der Waals surface area contributed by atoms with E-state index in [0.717, 1.165) is 6.20 Å². The van der Waals surface area contributed by atoms with Crippen LogP contribution in [0.3, 0.4) is 0 Å². The first-order chi connectivity index (χ1) is 8.49. The Labute approximate surface area is 98.8 Å². The Kier molecular flexibility index (Phi) is 2.92. The lowest BCUT2D eigenvalue weighted by atomic mass is 10.2. The molecule has 0 atom stereocenters. The predicted molar refractivity (Wildman–Crippen MR) is 57.3 cm³/mol. The zero-order valence-electron chi connectivity index (χ0n) is 8.80. The lowest BCUT2D eigenvalue weighted by molar-refractivity contribution is 0.102. The number of nitrogens with one attached hydrogen (secondary N) is 2. The number of H-pyrrole nitrogens is 1. The maximum absolute atomic E-state index is 12.9. The van der Waals surface area contributed by atoms with Crippen molar-refractivity contribution in [3.63, 3.8) is 0 Å². The fourth-order valence-electron chi connectivity index (χ4n) is 1.30. The highest BCUT2D eigenvalue weighted by atomic mass is 19.2. The Balaban J connectivity index is 2.25. The molecule has 2 rings (SSSR count). The third-order valence-corrected chi connectivity index (χ3v) is 2.16. The molecule has 0 aliphatic carbocycles. The molecule has 0 spiro atoms. The summed E-state index contributed by atoms with van der Waals surface area (Å²) in [7, 11) is 0. The van der Waals surface area contributed by atoms with Crippen molar-refractivity contribution in [2.75, 3.05) is 11.1 Å². The van der Waals surface area contributed by atoms with Gasteiger partial charge in [0, 0.05) is 17.8 Å². The third kappa shape index (κ3) is 2.12. The molecule has 1 aromatic heterocycles. The third-order valence-electron chi connectivity index (χ3n) is 2.16. The number of aromatic amines is 1. The highest BCUT2D eigenvalue weighted by molar-refractivity contribution is 6.07. The molecular weight excluding hydrogens is 249 g/mol. The minimum atomic E-state index is -1.60. The number of hydrogen-bond acceptors (Lipinski definition) is 3. The number of nitrogens with zero attached hydrogens (tertiary/aromatic N) is 1. The van der Waals surface area contributed by atoms with E-state index in [1.807, 2.05) is 0 Å². The van der Waals surface area contributed by atoms with E-state index in [1.54, 1.807) is 0 Å². The standard InChI is InChI=1S/C10H7F3N4O/c11-6-1-4(2-7(12)8(6)13)16-10(18)5-3-15-17-9(5)14/h1-3H,(H,16,18)(H3,14,15,17). The monoisotopic (exact) mass is 256 g/mol. The van der Waals surface area contributed by atoms with Crippen LogP contribution in [-0.2, 0) is 0 Å². The van der Waals surface area contributed by atoms with Crippen molar-refractivity contribution < 1.29 is 18.0 Å². The lowest BCUT2D eigenvalue weighted by Gasteiger charge is -2.05. The number of nitrogens with two attached hydrogens (primary N) is 1. The lowest BCUT2D eigenvalue weighted by Crippen LogP contribution is -2.13. The van der Waals surface area contributed by atoms with Crippen molar-refractivity contribution in [3.8, 4) is 0 Å².